The predicted molar refractivity (Wildman–Crippen MR) is 180 cm³/mol. The van der Waals surface area contributed by atoms with Crippen molar-refractivity contribution >= 4 is 28.5 Å². The molecule has 0 radical (unpaired) electrons. The average Bonchev–Trinajstić information content (AvgIpc) is 3.06. The molecule has 2 aromatic carbocycles. The molecule has 10 nitrogen and oxygen atoms in total. The number of benzene rings is 2. The fourth-order valence-corrected chi connectivity index (χ4v) is 4.02. The molecule has 2 atom stereocenters. The number of carbonyl (C=O) groups excluding carboxylic acids is 2. The molecule has 0 aliphatic heterocycles. The summed E-state index contributed by atoms with van der Waals surface area (Å²) in [6.07, 6.45) is 7.82. The van der Waals surface area contributed by atoms with Crippen LogP contribution in [-0.2, 0) is 14.3 Å². The Labute approximate surface area is 266 Å². The minimum absolute atomic E-state index is 0.162. The van der Waals surface area contributed by atoms with Crippen molar-refractivity contribution in [2.45, 2.75) is 58.6 Å². The van der Waals surface area contributed by atoms with Crippen molar-refractivity contribution in [2.75, 3.05) is 26.1 Å². The average molecular weight is 622 g/mol. The van der Waals surface area contributed by atoms with Crippen LogP contribution < -0.4 is 25.3 Å². The third-order valence-electron chi connectivity index (χ3n) is 6.39. The first kappa shape index (κ1) is 38.4. The molecule has 1 unspecified atom stereocenters. The summed E-state index contributed by atoms with van der Waals surface area (Å²) in [7, 11) is 2.55. The van der Waals surface area contributed by atoms with Gasteiger partial charge in [0.2, 0.25) is 0 Å². The van der Waals surface area contributed by atoms with Crippen molar-refractivity contribution in [3.8, 4) is 23.0 Å². The second kappa shape index (κ2) is 21.1. The van der Waals surface area contributed by atoms with E-state index in [0.717, 1.165) is 31.8 Å². The third-order valence-corrected chi connectivity index (χ3v) is 6.39. The highest BCUT2D eigenvalue weighted by Gasteiger charge is 2.19. The molecule has 10 heteroatoms. The van der Waals surface area contributed by atoms with Crippen LogP contribution >= 0.6 is 0 Å². The van der Waals surface area contributed by atoms with Gasteiger partial charge in [-0.05, 0) is 56.7 Å². The molecule has 0 saturated heterocycles. The number of esters is 1. The standard InChI is InChI=1S/C32H39N3O6.C2H4.CH4O/c1-6-9-10-21(4)40-32(37)26(33)16-18-39-30-20-27-25(19-29(30)38-5)28(15-17-34-27)41-24-13-11-23(12-14-24)35-31(36)22(7-2)8-3;2*1-2/h7-8,11-15,17,19-21,26H,2,6,9-10,16,18,33H2,1,3-5H3,(H,35,36);1-2H2;2H,1H3/b22-8+;;/t21?,26-;;/m0../s1. The Bertz CT molecular complexity index is 1390. The van der Waals surface area contributed by atoms with Crippen LogP contribution in [0.1, 0.15) is 46.5 Å². The number of carbonyl (C=O) groups is 2. The molecule has 0 saturated carbocycles. The molecule has 4 N–H and O–H groups in total. The SMILES string of the molecule is C=C.C=C/C(=C\C)C(=O)Nc1ccc(Oc2ccnc3cc(OCC[C@H](N)C(=O)OC(C)CCCC)c(OC)cc23)cc1.CO. The lowest BCUT2D eigenvalue weighted by atomic mass is 10.1. The van der Waals surface area contributed by atoms with Crippen molar-refractivity contribution in [3.63, 3.8) is 0 Å². The maximum absolute atomic E-state index is 12.3. The van der Waals surface area contributed by atoms with Crippen molar-refractivity contribution in [3.05, 3.63) is 86.1 Å². The molecule has 3 aromatic rings. The number of amides is 1. The van der Waals surface area contributed by atoms with Gasteiger partial charge in [-0.2, -0.15) is 0 Å². The number of aromatic nitrogens is 1. The molecule has 0 fully saturated rings. The topological polar surface area (TPSA) is 142 Å². The predicted octanol–water partition coefficient (Wildman–Crippen LogP) is 6.74. The Hall–Kier alpha value is -4.67. The van der Waals surface area contributed by atoms with Gasteiger partial charge in [-0.1, -0.05) is 38.5 Å². The number of methoxy groups -OCH3 is 1. The summed E-state index contributed by atoms with van der Waals surface area (Å²) in [4.78, 5) is 29.0. The zero-order chi connectivity index (χ0) is 33.8. The lowest BCUT2D eigenvalue weighted by Gasteiger charge is -2.17. The van der Waals surface area contributed by atoms with E-state index in [1.54, 1.807) is 68.8 Å². The van der Waals surface area contributed by atoms with Crippen molar-refractivity contribution in [1.29, 1.82) is 0 Å². The van der Waals surface area contributed by atoms with Crippen LogP contribution in [0.5, 0.6) is 23.0 Å². The summed E-state index contributed by atoms with van der Waals surface area (Å²) in [5.74, 6) is 1.44. The number of rotatable bonds is 15. The van der Waals surface area contributed by atoms with E-state index in [1.807, 2.05) is 6.92 Å². The van der Waals surface area contributed by atoms with Crippen LogP contribution in [0, 0.1) is 0 Å². The van der Waals surface area contributed by atoms with Crippen molar-refractivity contribution in [1.82, 2.24) is 4.98 Å². The van der Waals surface area contributed by atoms with Crippen molar-refractivity contribution in [2.24, 2.45) is 5.73 Å². The number of hydrogen-bond acceptors (Lipinski definition) is 9. The molecular weight excluding hydrogens is 574 g/mol. The molecule has 0 aliphatic rings. The minimum Gasteiger partial charge on any atom is -0.493 e. The Morgan fingerprint density at radius 2 is 1.76 bits per heavy atom. The highest BCUT2D eigenvalue weighted by atomic mass is 16.5. The van der Waals surface area contributed by atoms with Crippen LogP contribution in [0.3, 0.4) is 0 Å². The van der Waals surface area contributed by atoms with Crippen LogP contribution in [0.2, 0.25) is 0 Å². The van der Waals surface area contributed by atoms with Gasteiger partial charge in [-0.25, -0.2) is 0 Å². The quantitative estimate of drug-likeness (QED) is 0.0728. The maximum atomic E-state index is 12.3. The molecule has 3 rings (SSSR count). The number of aliphatic hydroxyl groups is 1. The number of anilines is 1. The zero-order valence-corrected chi connectivity index (χ0v) is 27.0. The monoisotopic (exact) mass is 621 g/mol. The summed E-state index contributed by atoms with van der Waals surface area (Å²) < 4.78 is 23.0. The number of aliphatic hydroxyl groups excluding tert-OH is 1. The maximum Gasteiger partial charge on any atom is 0.323 e. The number of nitrogens with zero attached hydrogens (tertiary/aromatic N) is 1. The Morgan fingerprint density at radius 1 is 1.07 bits per heavy atom. The Balaban J connectivity index is 0.00000243. The van der Waals surface area contributed by atoms with Crippen LogP contribution in [0.15, 0.2) is 86.1 Å². The third kappa shape index (κ3) is 12.1. The summed E-state index contributed by atoms with van der Waals surface area (Å²) in [6, 6.07) is 11.6. The lowest BCUT2D eigenvalue weighted by Crippen LogP contribution is -2.35. The first-order valence-corrected chi connectivity index (χ1v) is 14.7. The van der Waals surface area contributed by atoms with E-state index in [0.29, 0.717) is 39.8 Å². The van der Waals surface area contributed by atoms with E-state index >= 15 is 0 Å². The van der Waals surface area contributed by atoms with E-state index in [4.69, 9.17) is 29.8 Å². The van der Waals surface area contributed by atoms with Crippen LogP contribution in [-0.4, -0.2) is 54.9 Å². The highest BCUT2D eigenvalue weighted by molar-refractivity contribution is 6.05. The van der Waals surface area contributed by atoms with Gasteiger partial charge in [-0.3, -0.25) is 14.6 Å². The molecule has 1 amide bonds. The number of fused-ring (bicyclic) bond motifs is 1. The van der Waals surface area contributed by atoms with E-state index in [2.05, 4.69) is 37.0 Å². The zero-order valence-electron chi connectivity index (χ0n) is 27.0. The summed E-state index contributed by atoms with van der Waals surface area (Å²) in [5.41, 5.74) is 7.79. The molecule has 0 spiro atoms. The van der Waals surface area contributed by atoms with E-state index in [-0.39, 0.29) is 25.0 Å². The normalized spacial score (nSPS) is 11.8. The van der Waals surface area contributed by atoms with Gasteiger partial charge in [0.15, 0.2) is 11.5 Å². The second-order valence-corrected chi connectivity index (χ2v) is 9.49. The van der Waals surface area contributed by atoms with Crippen LogP contribution in [0.4, 0.5) is 5.69 Å². The molecule has 1 aromatic heterocycles. The number of ether oxygens (including phenoxy) is 4. The van der Waals surface area contributed by atoms with Gasteiger partial charge >= 0.3 is 5.97 Å². The van der Waals surface area contributed by atoms with Gasteiger partial charge in [0.1, 0.15) is 17.5 Å². The first-order valence-electron chi connectivity index (χ1n) is 14.7. The fourth-order valence-electron chi connectivity index (χ4n) is 4.02. The largest absolute Gasteiger partial charge is 0.493 e. The Morgan fingerprint density at radius 3 is 2.36 bits per heavy atom. The number of nitrogens with two attached hydrogens (primary N) is 1. The van der Waals surface area contributed by atoms with Gasteiger partial charge < -0.3 is 35.1 Å². The second-order valence-electron chi connectivity index (χ2n) is 9.49. The van der Waals surface area contributed by atoms with Crippen LogP contribution in [0.25, 0.3) is 10.9 Å². The molecule has 0 bridgehead atoms. The van der Waals surface area contributed by atoms with E-state index in [1.165, 1.54) is 6.08 Å². The number of hydrogen-bond donors (Lipinski definition) is 3. The molecule has 45 heavy (non-hydrogen) atoms. The summed E-state index contributed by atoms with van der Waals surface area (Å²) in [5, 5.41) is 10.5. The Kier molecular flexibility index (Phi) is 18.0. The smallest absolute Gasteiger partial charge is 0.323 e. The lowest BCUT2D eigenvalue weighted by molar-refractivity contribution is -0.150. The number of pyridine rings is 1. The number of allylic oxidation sites excluding steroid dienone is 1. The van der Waals surface area contributed by atoms with E-state index in [9.17, 15) is 9.59 Å². The van der Waals surface area contributed by atoms with Crippen molar-refractivity contribution < 1.29 is 33.6 Å². The number of nitrogens with one attached hydrogen (secondary N) is 1. The minimum atomic E-state index is -0.782. The summed E-state index contributed by atoms with van der Waals surface area (Å²) in [6.45, 7) is 15.6. The fraction of sp³-hybridized carbons (Fsp3) is 0.343. The summed E-state index contributed by atoms with van der Waals surface area (Å²) >= 11 is 0. The highest BCUT2D eigenvalue weighted by Crippen LogP contribution is 2.37. The first-order chi connectivity index (χ1) is 21.8. The molecule has 244 valence electrons. The molecule has 0 aliphatic carbocycles. The van der Waals surface area contributed by atoms with E-state index < -0.39 is 12.0 Å². The van der Waals surface area contributed by atoms with Gasteiger partial charge in [-0.15, -0.1) is 13.2 Å². The molecule has 1 heterocycles. The molecular formula is C35H47N3O7. The van der Waals surface area contributed by atoms with Gasteiger partial charge in [0.05, 0.1) is 25.3 Å². The van der Waals surface area contributed by atoms with Gasteiger partial charge in [0.25, 0.3) is 5.91 Å². The number of unbranched alkanes of at least 4 members (excludes halogenated alkanes) is 1. The van der Waals surface area contributed by atoms with Gasteiger partial charge in [0, 0.05) is 42.4 Å².